The fourth-order valence-electron chi connectivity index (χ4n) is 4.86. The van der Waals surface area contributed by atoms with Crippen LogP contribution in [0.15, 0.2) is 35.0 Å². The molecule has 27 heavy (non-hydrogen) atoms. The van der Waals surface area contributed by atoms with Crippen LogP contribution in [0.5, 0.6) is 0 Å². The number of furan rings is 1. The predicted octanol–water partition coefficient (Wildman–Crippen LogP) is 2.86. The second kappa shape index (κ2) is 7.15. The number of aromatic nitrogens is 2. The third kappa shape index (κ3) is 3.55. The lowest BCUT2D eigenvalue weighted by Gasteiger charge is -2.40. The van der Waals surface area contributed by atoms with Crippen molar-refractivity contribution in [1.29, 1.82) is 0 Å². The van der Waals surface area contributed by atoms with Crippen LogP contribution < -0.4 is 0 Å². The van der Waals surface area contributed by atoms with Crippen molar-refractivity contribution in [3.8, 4) is 0 Å². The zero-order valence-corrected chi connectivity index (χ0v) is 15.8. The first-order chi connectivity index (χ1) is 13.2. The molecule has 5 heterocycles. The Balaban J connectivity index is 1.26. The van der Waals surface area contributed by atoms with Gasteiger partial charge in [0.1, 0.15) is 5.76 Å². The number of carbonyl (C=O) groups excluding carboxylic acids is 1. The van der Waals surface area contributed by atoms with Crippen molar-refractivity contribution in [2.45, 2.75) is 44.7 Å². The molecule has 0 aromatic carbocycles. The molecule has 0 N–H and O–H groups in total. The van der Waals surface area contributed by atoms with Gasteiger partial charge in [-0.15, -0.1) is 0 Å². The minimum Gasteiger partial charge on any atom is -0.454 e. The van der Waals surface area contributed by atoms with Crippen LogP contribution in [-0.2, 0) is 6.54 Å². The number of rotatable bonds is 5. The number of nitrogens with zero attached hydrogens (tertiary/aromatic N) is 4. The molecular weight excluding hydrogens is 340 g/mol. The summed E-state index contributed by atoms with van der Waals surface area (Å²) in [5.74, 6) is 2.77. The van der Waals surface area contributed by atoms with Crippen molar-refractivity contribution in [1.82, 2.24) is 19.6 Å². The van der Waals surface area contributed by atoms with Crippen molar-refractivity contribution in [2.75, 3.05) is 26.2 Å². The second-order valence-corrected chi connectivity index (χ2v) is 8.53. The maximum Gasteiger partial charge on any atom is 0.289 e. The summed E-state index contributed by atoms with van der Waals surface area (Å²) in [6.07, 6.45) is 10.3. The lowest BCUT2D eigenvalue weighted by Crippen LogP contribution is -2.47. The zero-order valence-electron chi connectivity index (χ0n) is 15.8. The van der Waals surface area contributed by atoms with Gasteiger partial charge in [-0.3, -0.25) is 14.4 Å². The van der Waals surface area contributed by atoms with Crippen LogP contribution in [0.2, 0.25) is 0 Å². The van der Waals surface area contributed by atoms with Crippen LogP contribution in [0.4, 0.5) is 0 Å². The van der Waals surface area contributed by atoms with Crippen LogP contribution >= 0.6 is 0 Å². The summed E-state index contributed by atoms with van der Waals surface area (Å²) >= 11 is 0. The quantitative estimate of drug-likeness (QED) is 0.814. The van der Waals surface area contributed by atoms with E-state index in [1.165, 1.54) is 38.6 Å². The van der Waals surface area contributed by atoms with Crippen molar-refractivity contribution in [3.05, 3.63) is 42.1 Å². The largest absolute Gasteiger partial charge is 0.454 e. The molecule has 0 radical (unpaired) electrons. The average molecular weight is 368 g/mol. The highest BCUT2D eigenvalue weighted by Crippen LogP contribution is 2.33. The van der Waals surface area contributed by atoms with Gasteiger partial charge >= 0.3 is 0 Å². The molecule has 6 nitrogen and oxygen atoms in total. The van der Waals surface area contributed by atoms with E-state index in [0.717, 1.165) is 31.3 Å². The minimum absolute atomic E-state index is 0.0455. The fraction of sp³-hybridized carbons (Fsp3) is 0.619. The summed E-state index contributed by atoms with van der Waals surface area (Å²) in [4.78, 5) is 17.8. The maximum absolute atomic E-state index is 13.1. The smallest absolute Gasteiger partial charge is 0.289 e. The standard InChI is InChI=1S/C21H28N4O2/c26-21(20-8-7-19(27-20)15-25-10-2-9-22-25)24-13-17-5-6-18(14-24)23(12-17)11-16-3-1-4-16/h2,7-10,16-18H,1,3-6,11-15H2/t17-,18-/m1/s1. The van der Waals surface area contributed by atoms with Gasteiger partial charge in [0.15, 0.2) is 5.76 Å². The summed E-state index contributed by atoms with van der Waals surface area (Å²) in [5.41, 5.74) is 0. The van der Waals surface area contributed by atoms with Gasteiger partial charge in [-0.1, -0.05) is 6.42 Å². The predicted molar refractivity (Wildman–Crippen MR) is 101 cm³/mol. The van der Waals surface area contributed by atoms with E-state index >= 15 is 0 Å². The second-order valence-electron chi connectivity index (χ2n) is 8.53. The molecule has 0 unspecified atom stereocenters. The molecule has 4 aliphatic rings. The van der Waals surface area contributed by atoms with Gasteiger partial charge in [-0.25, -0.2) is 0 Å². The van der Waals surface area contributed by atoms with Gasteiger partial charge in [0, 0.05) is 44.6 Å². The van der Waals surface area contributed by atoms with Gasteiger partial charge in [-0.2, -0.15) is 5.10 Å². The Morgan fingerprint density at radius 3 is 2.85 bits per heavy atom. The number of fused-ring (bicyclic) bond motifs is 4. The van der Waals surface area contributed by atoms with E-state index < -0.39 is 0 Å². The summed E-state index contributed by atoms with van der Waals surface area (Å²) in [6.45, 7) is 4.66. The summed E-state index contributed by atoms with van der Waals surface area (Å²) < 4.78 is 7.66. The average Bonchev–Trinajstić information content (AvgIpc) is 3.23. The molecule has 144 valence electrons. The van der Waals surface area contributed by atoms with Gasteiger partial charge in [0.05, 0.1) is 6.54 Å². The lowest BCUT2D eigenvalue weighted by molar-refractivity contribution is 0.0686. The summed E-state index contributed by atoms with van der Waals surface area (Å²) in [5, 5.41) is 4.20. The molecule has 3 saturated heterocycles. The molecule has 1 aliphatic carbocycles. The Bertz CT molecular complexity index is 780. The molecule has 6 rings (SSSR count). The number of carbonyl (C=O) groups is 1. The van der Waals surface area contributed by atoms with Gasteiger partial charge in [0.2, 0.25) is 0 Å². The van der Waals surface area contributed by atoms with Crippen molar-refractivity contribution < 1.29 is 9.21 Å². The highest BCUT2D eigenvalue weighted by molar-refractivity contribution is 5.91. The van der Waals surface area contributed by atoms with E-state index in [9.17, 15) is 4.79 Å². The number of hydrogen-bond acceptors (Lipinski definition) is 4. The highest BCUT2D eigenvalue weighted by atomic mass is 16.4. The van der Waals surface area contributed by atoms with Crippen LogP contribution in [-0.4, -0.2) is 57.7 Å². The Labute approximate surface area is 160 Å². The molecule has 1 amide bonds. The monoisotopic (exact) mass is 368 g/mol. The van der Waals surface area contributed by atoms with E-state index in [4.69, 9.17) is 4.42 Å². The van der Waals surface area contributed by atoms with E-state index in [-0.39, 0.29) is 5.91 Å². The number of amides is 1. The topological polar surface area (TPSA) is 54.5 Å². The summed E-state index contributed by atoms with van der Waals surface area (Å²) in [6, 6.07) is 6.12. The van der Waals surface area contributed by atoms with Gasteiger partial charge in [-0.05, 0) is 55.7 Å². The first-order valence-electron chi connectivity index (χ1n) is 10.3. The fourth-order valence-corrected chi connectivity index (χ4v) is 4.86. The molecule has 1 saturated carbocycles. The molecule has 2 atom stereocenters. The highest BCUT2D eigenvalue weighted by Gasteiger charge is 2.38. The Morgan fingerprint density at radius 1 is 1.15 bits per heavy atom. The molecule has 4 fully saturated rings. The molecule has 6 heteroatoms. The van der Waals surface area contributed by atoms with Crippen LogP contribution in [0.25, 0.3) is 0 Å². The first kappa shape index (κ1) is 17.0. The number of piperidine rings is 1. The van der Waals surface area contributed by atoms with E-state index in [1.807, 2.05) is 29.3 Å². The summed E-state index contributed by atoms with van der Waals surface area (Å²) in [7, 11) is 0. The maximum atomic E-state index is 13.1. The van der Waals surface area contributed by atoms with Crippen LogP contribution in [0.1, 0.15) is 48.4 Å². The molecule has 2 bridgehead atoms. The Hall–Kier alpha value is -2.08. The zero-order chi connectivity index (χ0) is 18.2. The van der Waals surface area contributed by atoms with Gasteiger partial charge in [0.25, 0.3) is 5.91 Å². The van der Waals surface area contributed by atoms with Gasteiger partial charge < -0.3 is 9.32 Å². The Morgan fingerprint density at radius 2 is 2.07 bits per heavy atom. The normalized spacial score (nSPS) is 26.1. The third-order valence-corrected chi connectivity index (χ3v) is 6.58. The molecule has 2 aromatic heterocycles. The SMILES string of the molecule is O=C(c1ccc(Cn2cccn2)o1)N1C[C@@H]2CC[C@H](C1)N(CC1CCC1)C2. The van der Waals surface area contributed by atoms with Crippen molar-refractivity contribution in [2.24, 2.45) is 11.8 Å². The molecule has 2 aromatic rings. The Kier molecular flexibility index (Phi) is 4.52. The molecule has 0 spiro atoms. The van der Waals surface area contributed by atoms with Crippen LogP contribution in [0.3, 0.4) is 0 Å². The number of hydrogen-bond donors (Lipinski definition) is 0. The van der Waals surface area contributed by atoms with E-state index in [0.29, 0.717) is 24.3 Å². The minimum atomic E-state index is 0.0455. The van der Waals surface area contributed by atoms with Crippen LogP contribution in [0, 0.1) is 11.8 Å². The molecule has 3 aliphatic heterocycles. The van der Waals surface area contributed by atoms with E-state index in [1.54, 1.807) is 10.9 Å². The van der Waals surface area contributed by atoms with Crippen molar-refractivity contribution >= 4 is 5.91 Å². The first-order valence-corrected chi connectivity index (χ1v) is 10.3. The van der Waals surface area contributed by atoms with E-state index in [2.05, 4.69) is 10.00 Å². The third-order valence-electron chi connectivity index (χ3n) is 6.58. The lowest BCUT2D eigenvalue weighted by atomic mass is 9.83. The van der Waals surface area contributed by atoms with Crippen molar-refractivity contribution in [3.63, 3.8) is 0 Å². The molecular formula is C21H28N4O2.